The van der Waals surface area contributed by atoms with Crippen molar-refractivity contribution in [1.82, 2.24) is 0 Å². The van der Waals surface area contributed by atoms with Gasteiger partial charge in [0.15, 0.2) is 17.9 Å². The van der Waals surface area contributed by atoms with Crippen LogP contribution in [0, 0.1) is 29.4 Å². The predicted octanol–water partition coefficient (Wildman–Crippen LogP) is 6.15. The molecule has 0 spiro atoms. The molecule has 0 bridgehead atoms. The lowest BCUT2D eigenvalue weighted by Crippen LogP contribution is -2.26. The summed E-state index contributed by atoms with van der Waals surface area (Å²) in [5, 5.41) is 1.26. The summed E-state index contributed by atoms with van der Waals surface area (Å²) < 4.78 is 38.5. The van der Waals surface area contributed by atoms with Crippen LogP contribution >= 0.6 is 0 Å². The second-order valence-corrected chi connectivity index (χ2v) is 7.43. The van der Waals surface area contributed by atoms with Crippen LogP contribution in [0.2, 0.25) is 0 Å². The van der Waals surface area contributed by atoms with Crippen LogP contribution in [-0.2, 0) is 9.47 Å². The zero-order chi connectivity index (χ0) is 20.9. The zero-order valence-corrected chi connectivity index (χ0v) is 16.5. The SMILES string of the molecule is C=CCCC1COC(c2ccc(C#Cc3ccc4cc(F)c(F)cc4c3)cc2)OC1. The van der Waals surface area contributed by atoms with Gasteiger partial charge in [-0.3, -0.25) is 0 Å². The molecule has 0 amide bonds. The Morgan fingerprint density at radius 3 is 2.20 bits per heavy atom. The monoisotopic (exact) mass is 404 g/mol. The van der Waals surface area contributed by atoms with Crippen LogP contribution in [-0.4, -0.2) is 13.2 Å². The summed E-state index contributed by atoms with van der Waals surface area (Å²) in [6.07, 6.45) is 3.57. The van der Waals surface area contributed by atoms with E-state index in [2.05, 4.69) is 18.4 Å². The van der Waals surface area contributed by atoms with Crippen LogP contribution in [0.3, 0.4) is 0 Å². The summed E-state index contributed by atoms with van der Waals surface area (Å²) in [7, 11) is 0. The van der Waals surface area contributed by atoms with Crippen molar-refractivity contribution in [2.75, 3.05) is 13.2 Å². The van der Waals surface area contributed by atoms with E-state index in [4.69, 9.17) is 9.47 Å². The van der Waals surface area contributed by atoms with Gasteiger partial charge in [0.25, 0.3) is 0 Å². The minimum Gasteiger partial charge on any atom is -0.348 e. The molecule has 3 aromatic carbocycles. The van der Waals surface area contributed by atoms with Crippen LogP contribution in [0.15, 0.2) is 67.3 Å². The van der Waals surface area contributed by atoms with E-state index in [0.717, 1.165) is 29.5 Å². The lowest BCUT2D eigenvalue weighted by atomic mass is 10.0. The molecule has 0 unspecified atom stereocenters. The first-order chi connectivity index (χ1) is 14.6. The highest BCUT2D eigenvalue weighted by atomic mass is 19.2. The van der Waals surface area contributed by atoms with E-state index in [1.54, 1.807) is 18.2 Å². The fourth-order valence-electron chi connectivity index (χ4n) is 3.44. The van der Waals surface area contributed by atoms with Crippen LogP contribution in [0.5, 0.6) is 0 Å². The van der Waals surface area contributed by atoms with Crippen molar-refractivity contribution in [1.29, 1.82) is 0 Å². The summed E-state index contributed by atoms with van der Waals surface area (Å²) in [4.78, 5) is 0. The number of hydrogen-bond acceptors (Lipinski definition) is 2. The van der Waals surface area contributed by atoms with Crippen LogP contribution in [0.4, 0.5) is 8.78 Å². The number of ether oxygens (including phenoxy) is 2. The molecule has 2 nitrogen and oxygen atoms in total. The van der Waals surface area contributed by atoms with Crippen molar-refractivity contribution in [3.63, 3.8) is 0 Å². The predicted molar refractivity (Wildman–Crippen MR) is 114 cm³/mol. The Hall–Kier alpha value is -3.00. The molecule has 3 aromatic rings. The lowest BCUT2D eigenvalue weighted by Gasteiger charge is -2.29. The minimum absolute atomic E-state index is 0.345. The van der Waals surface area contributed by atoms with Crippen molar-refractivity contribution in [2.24, 2.45) is 5.92 Å². The van der Waals surface area contributed by atoms with Gasteiger partial charge in [-0.2, -0.15) is 0 Å². The molecule has 30 heavy (non-hydrogen) atoms. The molecule has 0 N–H and O–H groups in total. The summed E-state index contributed by atoms with van der Waals surface area (Å²) in [6, 6.07) is 15.4. The largest absolute Gasteiger partial charge is 0.348 e. The molecular weight excluding hydrogens is 382 g/mol. The van der Waals surface area contributed by atoms with E-state index in [9.17, 15) is 8.78 Å². The molecular formula is C26H22F2O2. The molecule has 0 saturated carbocycles. The Morgan fingerprint density at radius 2 is 1.50 bits per heavy atom. The van der Waals surface area contributed by atoms with Crippen LogP contribution in [0.1, 0.15) is 35.8 Å². The molecule has 1 saturated heterocycles. The average Bonchev–Trinajstić information content (AvgIpc) is 2.78. The van der Waals surface area contributed by atoms with Gasteiger partial charge in [-0.1, -0.05) is 36.1 Å². The third kappa shape index (κ3) is 4.76. The van der Waals surface area contributed by atoms with E-state index in [-0.39, 0.29) is 6.29 Å². The van der Waals surface area contributed by atoms with Crippen molar-refractivity contribution in [3.8, 4) is 11.8 Å². The van der Waals surface area contributed by atoms with Crippen molar-refractivity contribution < 1.29 is 18.3 Å². The van der Waals surface area contributed by atoms with Crippen molar-refractivity contribution in [2.45, 2.75) is 19.1 Å². The third-order valence-electron chi connectivity index (χ3n) is 5.16. The maximum Gasteiger partial charge on any atom is 0.183 e. The van der Waals surface area contributed by atoms with Crippen molar-refractivity contribution in [3.05, 3.63) is 95.6 Å². The van der Waals surface area contributed by atoms with E-state index in [1.165, 1.54) is 12.1 Å². The van der Waals surface area contributed by atoms with E-state index in [1.807, 2.05) is 30.3 Å². The Bertz CT molecular complexity index is 1100. The Balaban J connectivity index is 1.42. The smallest absolute Gasteiger partial charge is 0.183 e. The highest BCUT2D eigenvalue weighted by Gasteiger charge is 2.22. The number of rotatable bonds is 4. The van der Waals surface area contributed by atoms with Crippen LogP contribution < -0.4 is 0 Å². The normalized spacial score (nSPS) is 18.6. The summed E-state index contributed by atoms with van der Waals surface area (Å²) in [6.45, 7) is 5.12. The quantitative estimate of drug-likeness (QED) is 0.384. The molecule has 0 aromatic heterocycles. The molecule has 0 atom stereocenters. The third-order valence-corrected chi connectivity index (χ3v) is 5.16. The fourth-order valence-corrected chi connectivity index (χ4v) is 3.44. The number of allylic oxidation sites excluding steroid dienone is 1. The lowest BCUT2D eigenvalue weighted by molar-refractivity contribution is -0.205. The Kier molecular flexibility index (Phi) is 6.23. The van der Waals surface area contributed by atoms with Gasteiger partial charge in [0.2, 0.25) is 0 Å². The maximum atomic E-state index is 13.5. The molecule has 1 fully saturated rings. The first-order valence-electron chi connectivity index (χ1n) is 9.97. The summed E-state index contributed by atoms with van der Waals surface area (Å²) in [5.41, 5.74) is 2.55. The van der Waals surface area contributed by atoms with Gasteiger partial charge in [-0.05, 0) is 60.0 Å². The molecule has 1 heterocycles. The Labute approximate surface area is 175 Å². The van der Waals surface area contributed by atoms with E-state index >= 15 is 0 Å². The number of benzene rings is 3. The van der Waals surface area contributed by atoms with Gasteiger partial charge < -0.3 is 9.47 Å². The fraction of sp³-hybridized carbons (Fsp3) is 0.231. The minimum atomic E-state index is -0.859. The molecule has 4 rings (SSSR count). The van der Waals surface area contributed by atoms with Gasteiger partial charge in [-0.25, -0.2) is 8.78 Å². The number of halogens is 2. The average molecular weight is 404 g/mol. The standard InChI is InChI=1S/C26H22F2O2/c1-2-3-4-20-16-29-26(30-17-20)21-10-7-18(8-11-21)5-6-19-9-12-22-14-24(27)25(28)15-23(22)13-19/h2,7-15,20,26H,1,3-4,16-17H2. The van der Waals surface area contributed by atoms with Gasteiger partial charge in [0, 0.05) is 22.6 Å². The first-order valence-corrected chi connectivity index (χ1v) is 9.97. The maximum absolute atomic E-state index is 13.5. The van der Waals surface area contributed by atoms with E-state index in [0.29, 0.717) is 29.9 Å². The van der Waals surface area contributed by atoms with Crippen molar-refractivity contribution >= 4 is 10.8 Å². The topological polar surface area (TPSA) is 18.5 Å². The molecule has 1 aliphatic rings. The Morgan fingerprint density at radius 1 is 0.867 bits per heavy atom. The first kappa shape index (κ1) is 20.3. The number of hydrogen-bond donors (Lipinski definition) is 0. The van der Waals surface area contributed by atoms with Gasteiger partial charge in [0.05, 0.1) is 13.2 Å². The van der Waals surface area contributed by atoms with Gasteiger partial charge in [0.1, 0.15) is 0 Å². The summed E-state index contributed by atoms with van der Waals surface area (Å²) in [5.74, 6) is 4.88. The molecule has 0 radical (unpaired) electrons. The van der Waals surface area contributed by atoms with Gasteiger partial charge in [-0.15, -0.1) is 6.58 Å². The van der Waals surface area contributed by atoms with Gasteiger partial charge >= 0.3 is 0 Å². The molecule has 0 aliphatic carbocycles. The van der Waals surface area contributed by atoms with E-state index < -0.39 is 11.6 Å². The second kappa shape index (κ2) is 9.21. The second-order valence-electron chi connectivity index (χ2n) is 7.43. The zero-order valence-electron chi connectivity index (χ0n) is 16.5. The molecule has 152 valence electrons. The number of fused-ring (bicyclic) bond motifs is 1. The molecule has 1 aliphatic heterocycles. The summed E-state index contributed by atoms with van der Waals surface area (Å²) >= 11 is 0. The van der Waals surface area contributed by atoms with Crippen LogP contribution in [0.25, 0.3) is 10.8 Å². The highest BCUT2D eigenvalue weighted by Crippen LogP contribution is 2.27. The molecule has 4 heteroatoms. The highest BCUT2D eigenvalue weighted by molar-refractivity contribution is 5.84.